The third-order valence-corrected chi connectivity index (χ3v) is 11.5. The van der Waals surface area contributed by atoms with E-state index in [1.165, 1.54) is 139 Å². The topological polar surface area (TPSA) is 110 Å². The minimum atomic E-state index is -0.629. The maximum absolute atomic E-state index is 13.0. The monoisotopic (exact) mass is 910 g/mol. The van der Waals surface area contributed by atoms with E-state index in [0.717, 1.165) is 42.9 Å². The molecule has 0 heterocycles. The van der Waals surface area contributed by atoms with Gasteiger partial charge in [-0.1, -0.05) is 148 Å². The number of aliphatic imine (C=N–C) groups is 1. The van der Waals surface area contributed by atoms with E-state index in [0.29, 0.717) is 23.5 Å². The molecule has 0 aromatic heterocycles. The Morgan fingerprint density at radius 1 is 0.388 bits per heavy atom. The van der Waals surface area contributed by atoms with Crippen molar-refractivity contribution in [2.24, 2.45) is 4.99 Å². The predicted molar refractivity (Wildman–Crippen MR) is 269 cm³/mol. The average molecular weight is 910 g/mol. The first-order valence-electron chi connectivity index (χ1n) is 24.9. The number of rotatable bonds is 32. The molecule has 0 saturated heterocycles. The molecule has 0 radical (unpaired) electrons. The molecule has 0 aliphatic heterocycles. The van der Waals surface area contributed by atoms with Crippen molar-refractivity contribution < 1.29 is 38.1 Å². The van der Waals surface area contributed by atoms with Gasteiger partial charge in [-0.2, -0.15) is 0 Å². The summed E-state index contributed by atoms with van der Waals surface area (Å²) >= 11 is 0. The third-order valence-electron chi connectivity index (χ3n) is 11.5. The largest absolute Gasteiger partial charge is 0.494 e. The summed E-state index contributed by atoms with van der Waals surface area (Å²) in [4.78, 5) is 43.4. The molecule has 0 unspecified atom stereocenters. The van der Waals surface area contributed by atoms with E-state index in [4.69, 9.17) is 23.7 Å². The summed E-state index contributed by atoms with van der Waals surface area (Å²) in [5.74, 6) is 0.530. The highest BCUT2D eigenvalue weighted by Gasteiger charge is 2.14. The molecule has 5 rings (SSSR count). The Hall–Kier alpha value is -6.22. The van der Waals surface area contributed by atoms with Crippen LogP contribution in [0.15, 0.2) is 126 Å². The van der Waals surface area contributed by atoms with Crippen molar-refractivity contribution in [3.63, 3.8) is 0 Å². The second kappa shape index (κ2) is 30.9. The molecule has 9 heteroatoms. The van der Waals surface area contributed by atoms with Crippen molar-refractivity contribution in [2.75, 3.05) is 13.2 Å². The molecule has 5 aromatic rings. The zero-order valence-electron chi connectivity index (χ0n) is 39.9. The predicted octanol–water partition coefficient (Wildman–Crippen LogP) is 15.7. The molecule has 0 fully saturated rings. The number of hydrogen-bond acceptors (Lipinski definition) is 9. The van der Waals surface area contributed by atoms with Gasteiger partial charge in [0.15, 0.2) is 0 Å². The second-order valence-corrected chi connectivity index (χ2v) is 17.1. The van der Waals surface area contributed by atoms with Gasteiger partial charge in [-0.25, -0.2) is 14.4 Å². The first-order valence-corrected chi connectivity index (χ1v) is 24.9. The van der Waals surface area contributed by atoms with E-state index in [1.54, 1.807) is 72.9 Å². The van der Waals surface area contributed by atoms with Crippen molar-refractivity contribution in [3.8, 4) is 28.7 Å². The Bertz CT molecular complexity index is 2200. The lowest BCUT2D eigenvalue weighted by Gasteiger charge is -2.09. The minimum Gasteiger partial charge on any atom is -0.494 e. The first kappa shape index (κ1) is 51.8. The van der Waals surface area contributed by atoms with Crippen molar-refractivity contribution in [3.05, 3.63) is 144 Å². The normalized spacial score (nSPS) is 11.1. The Kier molecular flexibility index (Phi) is 23.9. The van der Waals surface area contributed by atoms with Crippen LogP contribution in [0.5, 0.6) is 28.7 Å². The van der Waals surface area contributed by atoms with Gasteiger partial charge < -0.3 is 23.7 Å². The Morgan fingerprint density at radius 3 is 1.15 bits per heavy atom. The molecule has 0 amide bonds. The van der Waals surface area contributed by atoms with Gasteiger partial charge >= 0.3 is 17.9 Å². The Balaban J connectivity index is 0.972. The number of hydrogen-bond donors (Lipinski definition) is 0. The highest BCUT2D eigenvalue weighted by atomic mass is 16.5. The second-order valence-electron chi connectivity index (χ2n) is 17.1. The van der Waals surface area contributed by atoms with Crippen LogP contribution < -0.4 is 23.7 Å². The zero-order valence-corrected chi connectivity index (χ0v) is 39.9. The lowest BCUT2D eigenvalue weighted by molar-refractivity contribution is 0.0723. The lowest BCUT2D eigenvalue weighted by atomic mass is 10.1. The number of unbranched alkanes of at least 4 members (excludes halogenated alkanes) is 18. The summed E-state index contributed by atoms with van der Waals surface area (Å²) in [5.41, 5.74) is 2.60. The van der Waals surface area contributed by atoms with E-state index >= 15 is 0 Å². The summed E-state index contributed by atoms with van der Waals surface area (Å²) in [6.07, 6.45) is 27.4. The van der Waals surface area contributed by atoms with E-state index < -0.39 is 17.9 Å². The van der Waals surface area contributed by atoms with Crippen molar-refractivity contribution in [1.29, 1.82) is 0 Å². The Morgan fingerprint density at radius 2 is 0.731 bits per heavy atom. The maximum atomic E-state index is 13.0. The van der Waals surface area contributed by atoms with Crippen molar-refractivity contribution in [1.82, 2.24) is 0 Å². The molecule has 0 saturated carbocycles. The number of carbonyl (C=O) groups is 3. The highest BCUT2D eigenvalue weighted by Crippen LogP contribution is 2.24. The zero-order chi connectivity index (χ0) is 47.2. The standard InChI is InChI=1S/C58H71NO8/c1-3-5-7-9-11-13-15-17-19-21-42-63-51-36-30-48(31-37-51)56(60)65-53-38-32-49(33-39-53)58(62)67-55-25-23-24-54(44-55)66-57(61)47-28-26-46(27-29-47)45-59-50-34-40-52(41-35-50)64-43-22-20-18-16-14-12-10-8-6-4-2/h23-41,44-45H,3-22,42-43H2,1-2H3. The highest BCUT2D eigenvalue weighted by molar-refractivity contribution is 5.94. The van der Waals surface area contributed by atoms with Crippen molar-refractivity contribution in [2.45, 2.75) is 142 Å². The van der Waals surface area contributed by atoms with Crippen LogP contribution in [0, 0.1) is 0 Å². The van der Waals surface area contributed by atoms with E-state index in [2.05, 4.69) is 18.8 Å². The quantitative estimate of drug-likeness (QED) is 0.0182. The van der Waals surface area contributed by atoms with Crippen LogP contribution in [-0.2, 0) is 0 Å². The molecule has 67 heavy (non-hydrogen) atoms. The van der Waals surface area contributed by atoms with E-state index in [1.807, 2.05) is 24.3 Å². The molecule has 5 aromatic carbocycles. The molecule has 356 valence electrons. The molecule has 0 spiro atoms. The average Bonchev–Trinajstić information content (AvgIpc) is 3.35. The maximum Gasteiger partial charge on any atom is 0.343 e. The van der Waals surface area contributed by atoms with Gasteiger partial charge in [0.05, 0.1) is 35.6 Å². The van der Waals surface area contributed by atoms with Crippen LogP contribution >= 0.6 is 0 Å². The minimum absolute atomic E-state index is 0.196. The van der Waals surface area contributed by atoms with E-state index in [9.17, 15) is 14.4 Å². The molecule has 0 bridgehead atoms. The molecule has 9 nitrogen and oxygen atoms in total. The molecule has 0 aliphatic rings. The van der Waals surface area contributed by atoms with E-state index in [-0.39, 0.29) is 22.8 Å². The fraction of sp³-hybridized carbons (Fsp3) is 0.414. The van der Waals surface area contributed by atoms with Crippen LogP contribution in [0.4, 0.5) is 5.69 Å². The Labute approximate surface area is 399 Å². The molecule has 0 aliphatic carbocycles. The summed E-state index contributed by atoms with van der Waals surface area (Å²) in [6.45, 7) is 5.87. The van der Waals surface area contributed by atoms with Gasteiger partial charge in [0, 0.05) is 12.3 Å². The number of carbonyl (C=O) groups excluding carboxylic acids is 3. The summed E-state index contributed by atoms with van der Waals surface area (Å²) < 4.78 is 28.5. The smallest absolute Gasteiger partial charge is 0.343 e. The summed E-state index contributed by atoms with van der Waals surface area (Å²) in [7, 11) is 0. The number of ether oxygens (including phenoxy) is 5. The third kappa shape index (κ3) is 20.5. The van der Waals surface area contributed by atoms with Crippen LogP contribution in [-0.4, -0.2) is 37.3 Å². The van der Waals surface area contributed by atoms with Crippen LogP contribution in [0.2, 0.25) is 0 Å². The number of nitrogens with zero attached hydrogens (tertiary/aromatic N) is 1. The first-order chi connectivity index (χ1) is 32.9. The molecule has 0 atom stereocenters. The van der Waals surface area contributed by atoms with Gasteiger partial charge in [-0.15, -0.1) is 0 Å². The van der Waals surface area contributed by atoms with Crippen LogP contribution in [0.1, 0.15) is 179 Å². The fourth-order valence-corrected chi connectivity index (χ4v) is 7.49. The van der Waals surface area contributed by atoms with Gasteiger partial charge in [-0.05, 0) is 115 Å². The molecular formula is C58H71NO8. The number of benzene rings is 5. The lowest BCUT2D eigenvalue weighted by Crippen LogP contribution is -2.11. The SMILES string of the molecule is CCCCCCCCCCCCOc1ccc(N=Cc2ccc(C(=O)Oc3cccc(OC(=O)c4ccc(OC(=O)c5ccc(OCCCCCCCCCCCC)cc5)cc4)c3)cc2)cc1. The molecular weight excluding hydrogens is 839 g/mol. The summed E-state index contributed by atoms with van der Waals surface area (Å²) in [5, 5.41) is 0. The summed E-state index contributed by atoms with van der Waals surface area (Å²) in [6, 6.07) is 33.9. The fourth-order valence-electron chi connectivity index (χ4n) is 7.49. The van der Waals surface area contributed by atoms with Gasteiger partial charge in [0.25, 0.3) is 0 Å². The molecule has 0 N–H and O–H groups in total. The van der Waals surface area contributed by atoms with Crippen LogP contribution in [0.25, 0.3) is 0 Å². The van der Waals surface area contributed by atoms with Gasteiger partial charge in [0.1, 0.15) is 28.7 Å². The van der Waals surface area contributed by atoms with Gasteiger partial charge in [-0.3, -0.25) is 4.99 Å². The number of esters is 3. The van der Waals surface area contributed by atoms with Crippen LogP contribution in [0.3, 0.4) is 0 Å². The van der Waals surface area contributed by atoms with Gasteiger partial charge in [0.2, 0.25) is 0 Å². The van der Waals surface area contributed by atoms with Crippen molar-refractivity contribution >= 4 is 29.8 Å².